The summed E-state index contributed by atoms with van der Waals surface area (Å²) in [5, 5.41) is 0. The molecule has 0 fully saturated rings. The lowest BCUT2D eigenvalue weighted by Gasteiger charge is -2.02. The van der Waals surface area contributed by atoms with E-state index in [4.69, 9.17) is 0 Å². The molecule has 0 atom stereocenters. The van der Waals surface area contributed by atoms with Crippen molar-refractivity contribution in [3.63, 3.8) is 0 Å². The number of hydrogen-bond donors (Lipinski definition) is 0. The molecule has 0 aromatic carbocycles. The minimum absolute atomic E-state index is 0.0194. The molecule has 0 aliphatic rings. The fourth-order valence-corrected chi connectivity index (χ4v) is 1.61. The third-order valence-corrected chi connectivity index (χ3v) is 2.09. The molecule has 0 bridgehead atoms. The Hall–Kier alpha value is -1.01. The first-order chi connectivity index (χ1) is 6.15. The van der Waals surface area contributed by atoms with Crippen molar-refractivity contribution in [2.75, 3.05) is 0 Å². The van der Waals surface area contributed by atoms with Gasteiger partial charge >= 0.3 is 0 Å². The molecule has 0 N–H and O–H groups in total. The quantitative estimate of drug-likeness (QED) is 0.687. The Labute approximate surface area is 85.7 Å². The van der Waals surface area contributed by atoms with Gasteiger partial charge in [-0.25, -0.2) is 0 Å². The molecule has 0 saturated carbocycles. The maximum atomic E-state index is 11.5. The van der Waals surface area contributed by atoms with Gasteiger partial charge in [0.2, 0.25) is 0 Å². The molecule has 3 heteroatoms. The van der Waals surface area contributed by atoms with Gasteiger partial charge in [-0.3, -0.25) is 4.79 Å². The Balaban J connectivity index is 3.18. The lowest BCUT2D eigenvalue weighted by molar-refractivity contribution is 0.783. The van der Waals surface area contributed by atoms with Crippen LogP contribution in [0.5, 0.6) is 0 Å². The van der Waals surface area contributed by atoms with Crippen molar-refractivity contribution in [2.24, 2.45) is 0 Å². The standard InChI is InChI=1S/C10H10BrNO/c1-3-4-5-12-7-9(11)6-8(2)10(12)13/h6-7H,5H2,1-2H3. The van der Waals surface area contributed by atoms with E-state index < -0.39 is 0 Å². The molecule has 0 amide bonds. The largest absolute Gasteiger partial charge is 0.303 e. The van der Waals surface area contributed by atoms with Gasteiger partial charge in [0.05, 0.1) is 6.54 Å². The highest BCUT2D eigenvalue weighted by molar-refractivity contribution is 9.10. The average molecular weight is 240 g/mol. The Morgan fingerprint density at radius 1 is 1.62 bits per heavy atom. The zero-order chi connectivity index (χ0) is 9.84. The van der Waals surface area contributed by atoms with Crippen LogP contribution < -0.4 is 5.56 Å². The van der Waals surface area contributed by atoms with E-state index in [-0.39, 0.29) is 5.56 Å². The van der Waals surface area contributed by atoms with Crippen LogP contribution in [-0.4, -0.2) is 4.57 Å². The number of aromatic nitrogens is 1. The molecule has 1 heterocycles. The Kier molecular flexibility index (Phi) is 3.32. The fraction of sp³-hybridized carbons (Fsp3) is 0.300. The summed E-state index contributed by atoms with van der Waals surface area (Å²) in [4.78, 5) is 11.5. The molecular weight excluding hydrogens is 230 g/mol. The Morgan fingerprint density at radius 2 is 2.31 bits per heavy atom. The summed E-state index contributed by atoms with van der Waals surface area (Å²) in [6.45, 7) is 4.01. The molecule has 68 valence electrons. The summed E-state index contributed by atoms with van der Waals surface area (Å²) in [6.07, 6.45) is 1.75. The molecule has 13 heavy (non-hydrogen) atoms. The number of rotatable bonds is 1. The first-order valence-electron chi connectivity index (χ1n) is 3.91. The van der Waals surface area contributed by atoms with Crippen LogP contribution in [0.25, 0.3) is 0 Å². The lowest BCUT2D eigenvalue weighted by atomic mass is 10.3. The second-order valence-electron chi connectivity index (χ2n) is 2.70. The third-order valence-electron chi connectivity index (χ3n) is 1.66. The molecule has 0 saturated heterocycles. The zero-order valence-electron chi connectivity index (χ0n) is 7.60. The predicted molar refractivity (Wildman–Crippen MR) is 56.6 cm³/mol. The van der Waals surface area contributed by atoms with Crippen LogP contribution in [0.4, 0.5) is 0 Å². The lowest BCUT2D eigenvalue weighted by Crippen LogP contribution is -2.21. The van der Waals surface area contributed by atoms with Crippen molar-refractivity contribution < 1.29 is 0 Å². The summed E-state index contributed by atoms with van der Waals surface area (Å²) in [5.74, 6) is 5.61. The van der Waals surface area contributed by atoms with Gasteiger partial charge in [-0.15, -0.1) is 5.92 Å². The molecule has 0 spiro atoms. The van der Waals surface area contributed by atoms with Crippen LogP contribution in [0.2, 0.25) is 0 Å². The summed E-state index contributed by atoms with van der Waals surface area (Å²) in [7, 11) is 0. The van der Waals surface area contributed by atoms with Crippen molar-refractivity contribution in [1.29, 1.82) is 0 Å². The highest BCUT2D eigenvalue weighted by atomic mass is 79.9. The molecule has 2 nitrogen and oxygen atoms in total. The van der Waals surface area contributed by atoms with E-state index in [0.29, 0.717) is 6.54 Å². The molecule has 0 unspecified atom stereocenters. The van der Waals surface area contributed by atoms with E-state index in [1.165, 1.54) is 0 Å². The Bertz CT molecular complexity index is 423. The van der Waals surface area contributed by atoms with Gasteiger partial charge in [0.15, 0.2) is 0 Å². The SMILES string of the molecule is CC#CCn1cc(Br)cc(C)c1=O. The smallest absolute Gasteiger partial charge is 0.254 e. The van der Waals surface area contributed by atoms with Crippen LogP contribution in [0.15, 0.2) is 21.5 Å². The van der Waals surface area contributed by atoms with Gasteiger partial charge in [0.25, 0.3) is 5.56 Å². The molecule has 1 aromatic heterocycles. The fourth-order valence-electron chi connectivity index (χ4n) is 1.02. The molecule has 0 aliphatic heterocycles. The van der Waals surface area contributed by atoms with E-state index in [0.717, 1.165) is 10.0 Å². The molecule has 0 aliphatic carbocycles. The average Bonchev–Trinajstić information content (AvgIpc) is 2.09. The number of nitrogens with zero attached hydrogens (tertiary/aromatic N) is 1. The second-order valence-corrected chi connectivity index (χ2v) is 3.62. The Morgan fingerprint density at radius 3 is 2.92 bits per heavy atom. The minimum Gasteiger partial charge on any atom is -0.303 e. The summed E-state index contributed by atoms with van der Waals surface area (Å²) < 4.78 is 2.50. The van der Waals surface area contributed by atoms with Crippen LogP contribution in [-0.2, 0) is 6.54 Å². The topological polar surface area (TPSA) is 22.0 Å². The van der Waals surface area contributed by atoms with E-state index in [2.05, 4.69) is 27.8 Å². The molecular formula is C10H10BrNO. The van der Waals surface area contributed by atoms with Gasteiger partial charge in [-0.1, -0.05) is 5.92 Å². The van der Waals surface area contributed by atoms with Crippen LogP contribution in [0, 0.1) is 18.8 Å². The van der Waals surface area contributed by atoms with Crippen molar-refractivity contribution in [1.82, 2.24) is 4.57 Å². The number of halogens is 1. The normalized spacial score (nSPS) is 9.15. The summed E-state index contributed by atoms with van der Waals surface area (Å²) >= 11 is 3.33. The molecule has 1 aromatic rings. The van der Waals surface area contributed by atoms with Gasteiger partial charge < -0.3 is 4.57 Å². The summed E-state index contributed by atoms with van der Waals surface area (Å²) in [6, 6.07) is 1.80. The second kappa shape index (κ2) is 4.29. The van der Waals surface area contributed by atoms with Crippen LogP contribution >= 0.6 is 15.9 Å². The predicted octanol–water partition coefficient (Wildman–Crippen LogP) is 1.94. The van der Waals surface area contributed by atoms with E-state index in [1.54, 1.807) is 30.7 Å². The van der Waals surface area contributed by atoms with Crippen LogP contribution in [0.3, 0.4) is 0 Å². The van der Waals surface area contributed by atoms with Gasteiger partial charge in [-0.05, 0) is 35.8 Å². The van der Waals surface area contributed by atoms with Crippen molar-refractivity contribution in [2.45, 2.75) is 20.4 Å². The van der Waals surface area contributed by atoms with E-state index in [9.17, 15) is 4.79 Å². The van der Waals surface area contributed by atoms with E-state index in [1.807, 2.05) is 0 Å². The molecule has 1 rings (SSSR count). The number of hydrogen-bond acceptors (Lipinski definition) is 1. The first kappa shape index (κ1) is 10.1. The maximum absolute atomic E-state index is 11.5. The van der Waals surface area contributed by atoms with Crippen molar-refractivity contribution in [3.8, 4) is 11.8 Å². The van der Waals surface area contributed by atoms with Crippen molar-refractivity contribution in [3.05, 3.63) is 32.7 Å². The third kappa shape index (κ3) is 2.46. The van der Waals surface area contributed by atoms with Gasteiger partial charge in [-0.2, -0.15) is 0 Å². The maximum Gasteiger partial charge on any atom is 0.254 e. The highest BCUT2D eigenvalue weighted by Gasteiger charge is 1.99. The number of pyridine rings is 1. The van der Waals surface area contributed by atoms with Crippen molar-refractivity contribution >= 4 is 15.9 Å². The van der Waals surface area contributed by atoms with Crippen LogP contribution in [0.1, 0.15) is 12.5 Å². The molecule has 0 radical (unpaired) electrons. The van der Waals surface area contributed by atoms with Gasteiger partial charge in [0.1, 0.15) is 0 Å². The highest BCUT2D eigenvalue weighted by Crippen LogP contribution is 2.07. The minimum atomic E-state index is 0.0194. The zero-order valence-corrected chi connectivity index (χ0v) is 9.18. The van der Waals surface area contributed by atoms with E-state index >= 15 is 0 Å². The van der Waals surface area contributed by atoms with Gasteiger partial charge in [0, 0.05) is 16.2 Å². The monoisotopic (exact) mass is 239 g/mol. The number of aryl methyl sites for hydroxylation is 1. The first-order valence-corrected chi connectivity index (χ1v) is 4.70. The summed E-state index contributed by atoms with van der Waals surface area (Å²) in [5.41, 5.74) is 0.748.